The van der Waals surface area contributed by atoms with Crippen LogP contribution < -0.4 is 0 Å². The van der Waals surface area contributed by atoms with Gasteiger partial charge in [-0.3, -0.25) is 18.9 Å². The smallest absolute Gasteiger partial charge is 0.271 e. The number of nitro groups is 1. The third-order valence-electron chi connectivity index (χ3n) is 4.60. The number of H-pyrrole nitrogens is 1. The summed E-state index contributed by atoms with van der Waals surface area (Å²) in [6.07, 6.45) is 1.71. The van der Waals surface area contributed by atoms with Crippen molar-refractivity contribution in [2.45, 2.75) is 5.75 Å². The molecule has 150 valence electrons. The number of hydrogen-bond donors (Lipinski definition) is 1. The number of rotatable bonds is 6. The van der Waals surface area contributed by atoms with Crippen LogP contribution in [0.5, 0.6) is 0 Å². The fraction of sp³-hybridized carbons (Fsp3) is 0.0455. The van der Waals surface area contributed by atoms with E-state index in [0.29, 0.717) is 26.5 Å². The molecule has 1 heterocycles. The summed E-state index contributed by atoms with van der Waals surface area (Å²) in [5, 5.41) is 11.2. The number of imidazole rings is 1. The molecule has 4 rings (SSSR count). The molecule has 0 saturated carbocycles. The quantitative estimate of drug-likeness (QED) is 0.246. The minimum absolute atomic E-state index is 0.0367. The zero-order valence-electron chi connectivity index (χ0n) is 15.7. The van der Waals surface area contributed by atoms with Gasteiger partial charge in [0.05, 0.1) is 37.4 Å². The van der Waals surface area contributed by atoms with Gasteiger partial charge in [0.1, 0.15) is 0 Å². The molecule has 0 aliphatic rings. The number of aromatic amines is 1. The standard InChI is InChI=1S/C22H17N3O3S2/c26-25(27)18-11-12-19-20(13-18)24(22(29)23-19)14-21(17-9-5-2-6-10-17)30(28)15-16-7-3-1-4-8-16/h1-14H,15H2,(H,23,29)/b21-14-. The lowest BCUT2D eigenvalue weighted by Gasteiger charge is -2.09. The average Bonchev–Trinajstić information content (AvgIpc) is 3.07. The third kappa shape index (κ3) is 4.14. The molecule has 0 radical (unpaired) electrons. The lowest BCUT2D eigenvalue weighted by Crippen LogP contribution is -2.01. The minimum atomic E-state index is -1.36. The first-order valence-corrected chi connectivity index (χ1v) is 10.8. The molecule has 1 N–H and O–H groups in total. The number of nitro benzene ring substituents is 1. The Bertz CT molecular complexity index is 1330. The topological polar surface area (TPSA) is 80.9 Å². The molecule has 1 atom stereocenters. The molecular formula is C22H17N3O3S2. The van der Waals surface area contributed by atoms with Crippen molar-refractivity contribution in [1.82, 2.24) is 9.55 Å². The van der Waals surface area contributed by atoms with E-state index in [1.54, 1.807) is 16.8 Å². The highest BCUT2D eigenvalue weighted by atomic mass is 32.2. The Morgan fingerprint density at radius 3 is 2.40 bits per heavy atom. The highest BCUT2D eigenvalue weighted by Gasteiger charge is 2.15. The molecule has 3 aromatic carbocycles. The van der Waals surface area contributed by atoms with Crippen molar-refractivity contribution >= 4 is 50.8 Å². The summed E-state index contributed by atoms with van der Waals surface area (Å²) in [5.41, 5.74) is 2.94. The van der Waals surface area contributed by atoms with E-state index in [0.717, 1.165) is 11.1 Å². The van der Waals surface area contributed by atoms with Gasteiger partial charge in [-0.2, -0.15) is 0 Å². The highest BCUT2D eigenvalue weighted by molar-refractivity contribution is 7.94. The number of non-ortho nitro benzene ring substituents is 1. The Kier molecular flexibility index (Phi) is 5.69. The van der Waals surface area contributed by atoms with Crippen molar-refractivity contribution in [3.63, 3.8) is 0 Å². The Hall–Kier alpha value is -3.36. The normalized spacial score (nSPS) is 12.7. The Balaban J connectivity index is 1.86. The van der Waals surface area contributed by atoms with Crippen LogP contribution in [0.25, 0.3) is 22.1 Å². The summed E-state index contributed by atoms with van der Waals surface area (Å²) in [6.45, 7) is 0. The van der Waals surface area contributed by atoms with E-state index in [2.05, 4.69) is 4.98 Å². The van der Waals surface area contributed by atoms with Crippen molar-refractivity contribution in [2.75, 3.05) is 0 Å². The fourth-order valence-electron chi connectivity index (χ4n) is 3.14. The molecule has 1 aromatic heterocycles. The molecule has 0 bridgehead atoms. The summed E-state index contributed by atoms with van der Waals surface area (Å²) in [6, 6.07) is 23.5. The van der Waals surface area contributed by atoms with Crippen LogP contribution in [0.15, 0.2) is 78.9 Å². The number of nitrogens with zero attached hydrogens (tertiary/aromatic N) is 2. The second kappa shape index (κ2) is 8.56. The first-order valence-electron chi connectivity index (χ1n) is 9.11. The van der Waals surface area contributed by atoms with Crippen LogP contribution >= 0.6 is 12.2 Å². The highest BCUT2D eigenvalue weighted by Crippen LogP contribution is 2.26. The van der Waals surface area contributed by atoms with Crippen LogP contribution in [0.1, 0.15) is 11.1 Å². The van der Waals surface area contributed by atoms with Gasteiger partial charge < -0.3 is 4.98 Å². The van der Waals surface area contributed by atoms with Crippen LogP contribution in [0.4, 0.5) is 5.69 Å². The van der Waals surface area contributed by atoms with Gasteiger partial charge in [0.25, 0.3) is 5.69 Å². The van der Waals surface area contributed by atoms with Crippen LogP contribution in [0.3, 0.4) is 0 Å². The zero-order valence-corrected chi connectivity index (χ0v) is 17.4. The van der Waals surface area contributed by atoms with Crippen LogP contribution in [-0.4, -0.2) is 18.7 Å². The number of aromatic nitrogens is 2. The lowest BCUT2D eigenvalue weighted by molar-refractivity contribution is -0.384. The monoisotopic (exact) mass is 435 g/mol. The molecule has 6 nitrogen and oxygen atoms in total. The molecule has 0 fully saturated rings. The number of nitrogens with one attached hydrogen (secondary N) is 1. The molecule has 30 heavy (non-hydrogen) atoms. The van der Waals surface area contributed by atoms with Crippen LogP contribution in [0, 0.1) is 14.9 Å². The molecule has 1 unspecified atom stereocenters. The van der Waals surface area contributed by atoms with E-state index in [1.807, 2.05) is 60.7 Å². The van der Waals surface area contributed by atoms with Crippen molar-refractivity contribution in [1.29, 1.82) is 0 Å². The van der Waals surface area contributed by atoms with Crippen LogP contribution in [-0.2, 0) is 16.6 Å². The lowest BCUT2D eigenvalue weighted by atomic mass is 10.2. The Morgan fingerprint density at radius 1 is 1.07 bits per heavy atom. The maximum Gasteiger partial charge on any atom is 0.271 e. The van der Waals surface area contributed by atoms with Gasteiger partial charge in [-0.05, 0) is 29.4 Å². The van der Waals surface area contributed by atoms with E-state index in [9.17, 15) is 14.3 Å². The predicted octanol–water partition coefficient (Wildman–Crippen LogP) is 5.51. The van der Waals surface area contributed by atoms with E-state index in [1.165, 1.54) is 12.1 Å². The van der Waals surface area contributed by atoms with Gasteiger partial charge in [0, 0.05) is 18.3 Å². The van der Waals surface area contributed by atoms with Gasteiger partial charge in [-0.25, -0.2) is 0 Å². The first-order chi connectivity index (χ1) is 14.5. The van der Waals surface area contributed by atoms with Gasteiger partial charge in [0.15, 0.2) is 4.77 Å². The van der Waals surface area contributed by atoms with E-state index >= 15 is 0 Å². The second-order valence-electron chi connectivity index (χ2n) is 6.59. The minimum Gasteiger partial charge on any atom is -0.330 e. The summed E-state index contributed by atoms with van der Waals surface area (Å²) in [5.74, 6) is 0.345. The summed E-state index contributed by atoms with van der Waals surface area (Å²) in [4.78, 5) is 14.4. The van der Waals surface area contributed by atoms with E-state index in [-0.39, 0.29) is 5.69 Å². The molecule has 0 aliphatic carbocycles. The van der Waals surface area contributed by atoms with E-state index < -0.39 is 15.7 Å². The first kappa shape index (κ1) is 19.9. The SMILES string of the molecule is O=[N+]([O-])c1ccc2[nH]c(=S)n(/C=C(/c3ccccc3)S(=O)Cc3ccccc3)c2c1. The Morgan fingerprint density at radius 2 is 1.73 bits per heavy atom. The largest absolute Gasteiger partial charge is 0.330 e. The molecule has 0 spiro atoms. The van der Waals surface area contributed by atoms with Gasteiger partial charge in [-0.15, -0.1) is 0 Å². The molecule has 4 aromatic rings. The molecule has 8 heteroatoms. The maximum atomic E-state index is 13.3. The van der Waals surface area contributed by atoms with Gasteiger partial charge in [-0.1, -0.05) is 60.7 Å². The number of fused-ring (bicyclic) bond motifs is 1. The second-order valence-corrected chi connectivity index (χ2v) is 8.40. The predicted molar refractivity (Wildman–Crippen MR) is 123 cm³/mol. The zero-order chi connectivity index (χ0) is 21.1. The van der Waals surface area contributed by atoms with Crippen molar-refractivity contribution in [3.8, 4) is 0 Å². The number of hydrogen-bond acceptors (Lipinski definition) is 4. The molecule has 0 saturated heterocycles. The maximum absolute atomic E-state index is 13.3. The van der Waals surface area contributed by atoms with Crippen LogP contribution in [0.2, 0.25) is 0 Å². The van der Waals surface area contributed by atoms with Crippen molar-refractivity contribution in [3.05, 3.63) is 105 Å². The Labute approximate surface area is 180 Å². The van der Waals surface area contributed by atoms with E-state index in [4.69, 9.17) is 12.2 Å². The average molecular weight is 436 g/mol. The summed E-state index contributed by atoms with van der Waals surface area (Å²) < 4.78 is 15.4. The molecule has 0 aliphatic heterocycles. The van der Waals surface area contributed by atoms with Crippen molar-refractivity contribution in [2.24, 2.45) is 0 Å². The molecular weight excluding hydrogens is 418 g/mol. The summed E-state index contributed by atoms with van der Waals surface area (Å²) >= 11 is 5.44. The third-order valence-corrected chi connectivity index (χ3v) is 6.33. The number of benzene rings is 3. The fourth-order valence-corrected chi connectivity index (χ4v) is 4.67. The van der Waals surface area contributed by atoms with Gasteiger partial charge >= 0.3 is 0 Å². The van der Waals surface area contributed by atoms with Gasteiger partial charge in [0.2, 0.25) is 0 Å². The van der Waals surface area contributed by atoms with Crippen molar-refractivity contribution < 1.29 is 9.13 Å². The summed E-state index contributed by atoms with van der Waals surface area (Å²) in [7, 11) is -1.36. The molecule has 0 amide bonds.